The van der Waals surface area contributed by atoms with Gasteiger partial charge in [0.25, 0.3) is 5.91 Å². The van der Waals surface area contributed by atoms with Crippen LogP contribution in [0.5, 0.6) is 0 Å². The fraction of sp³-hybridized carbons (Fsp3) is 0.812. The largest absolute Gasteiger partial charge is 0.268 e. The quantitative estimate of drug-likeness (QED) is 0.785. The molecule has 4 nitrogen and oxygen atoms in total. The molecular formula is C16H29NO3S. The van der Waals surface area contributed by atoms with Gasteiger partial charge in [-0.25, -0.2) is 12.7 Å². The Morgan fingerprint density at radius 2 is 1.57 bits per heavy atom. The lowest BCUT2D eigenvalue weighted by Crippen LogP contribution is -2.40. The van der Waals surface area contributed by atoms with Gasteiger partial charge in [-0.05, 0) is 23.7 Å². The average molecular weight is 315 g/mol. The first-order valence-electron chi connectivity index (χ1n) is 7.61. The molecule has 1 amide bonds. The van der Waals surface area contributed by atoms with E-state index in [1.165, 1.54) is 0 Å². The smallest absolute Gasteiger partial charge is 0.263 e. The number of nitrogens with zero attached hydrogens (tertiary/aromatic N) is 1. The predicted molar refractivity (Wildman–Crippen MR) is 86.3 cm³/mol. The van der Waals surface area contributed by atoms with Gasteiger partial charge in [0.15, 0.2) is 0 Å². The molecule has 1 heterocycles. The van der Waals surface area contributed by atoms with Gasteiger partial charge in [0.1, 0.15) is 0 Å². The summed E-state index contributed by atoms with van der Waals surface area (Å²) in [6.07, 6.45) is 1.07. The summed E-state index contributed by atoms with van der Waals surface area (Å²) in [5.41, 5.74) is 1.06. The molecule has 21 heavy (non-hydrogen) atoms. The molecule has 0 saturated carbocycles. The van der Waals surface area contributed by atoms with Crippen LogP contribution in [-0.4, -0.2) is 30.9 Å². The zero-order valence-electron chi connectivity index (χ0n) is 14.4. The maximum Gasteiger partial charge on any atom is 0.263 e. The molecule has 0 atom stereocenters. The molecule has 0 spiro atoms. The van der Waals surface area contributed by atoms with E-state index in [0.29, 0.717) is 18.4 Å². The van der Waals surface area contributed by atoms with E-state index in [2.05, 4.69) is 0 Å². The van der Waals surface area contributed by atoms with E-state index in [1.54, 1.807) is 0 Å². The standard InChI is InChI=1S/C16H29NO3S/c1-8-10-17-14(18)13(16(5,6)7)12(15(2,3)4)9-11-21(17,19)20/h8-11H2,1-7H3. The first-order chi connectivity index (χ1) is 9.32. The molecule has 0 saturated heterocycles. The fourth-order valence-electron chi connectivity index (χ4n) is 2.81. The minimum absolute atomic E-state index is 0.0188. The van der Waals surface area contributed by atoms with Crippen molar-refractivity contribution >= 4 is 15.9 Å². The van der Waals surface area contributed by atoms with E-state index in [9.17, 15) is 13.2 Å². The second-order valence-corrected chi connectivity index (χ2v) is 9.81. The highest BCUT2D eigenvalue weighted by Gasteiger charge is 2.41. The van der Waals surface area contributed by atoms with Gasteiger partial charge in [0.2, 0.25) is 10.0 Å². The normalized spacial score (nSPS) is 20.7. The summed E-state index contributed by atoms with van der Waals surface area (Å²) in [6, 6.07) is 0. The SMILES string of the molecule is CCCN1C(=O)C(C(C)(C)C)=C(C(C)(C)C)CCS1(=O)=O. The van der Waals surface area contributed by atoms with Crippen molar-refractivity contribution in [1.82, 2.24) is 4.31 Å². The zero-order valence-corrected chi connectivity index (χ0v) is 15.2. The van der Waals surface area contributed by atoms with Crippen molar-refractivity contribution in [3.63, 3.8) is 0 Å². The Balaban J connectivity index is 3.58. The van der Waals surface area contributed by atoms with E-state index in [1.807, 2.05) is 48.5 Å². The summed E-state index contributed by atoms with van der Waals surface area (Å²) in [7, 11) is -3.52. The second-order valence-electron chi connectivity index (χ2n) is 7.80. The first-order valence-corrected chi connectivity index (χ1v) is 9.22. The Kier molecular flexibility index (Phi) is 4.98. The second kappa shape index (κ2) is 5.75. The molecule has 0 fully saturated rings. The molecule has 0 aromatic rings. The lowest BCUT2D eigenvalue weighted by Gasteiger charge is -2.32. The van der Waals surface area contributed by atoms with Crippen LogP contribution >= 0.6 is 0 Å². The van der Waals surface area contributed by atoms with Crippen LogP contribution in [0.25, 0.3) is 0 Å². The van der Waals surface area contributed by atoms with Gasteiger partial charge in [0, 0.05) is 12.1 Å². The van der Waals surface area contributed by atoms with E-state index in [-0.39, 0.29) is 29.0 Å². The number of carbonyl (C=O) groups is 1. The third-order valence-electron chi connectivity index (χ3n) is 3.77. The van der Waals surface area contributed by atoms with Gasteiger partial charge in [-0.3, -0.25) is 4.79 Å². The topological polar surface area (TPSA) is 54.5 Å². The van der Waals surface area contributed by atoms with Crippen molar-refractivity contribution < 1.29 is 13.2 Å². The average Bonchev–Trinajstić information content (AvgIpc) is 2.35. The Morgan fingerprint density at radius 1 is 1.05 bits per heavy atom. The summed E-state index contributed by atoms with van der Waals surface area (Å²) in [4.78, 5) is 12.9. The molecule has 0 bridgehead atoms. The van der Waals surface area contributed by atoms with Crippen LogP contribution in [0.1, 0.15) is 61.3 Å². The maximum atomic E-state index is 12.9. The van der Waals surface area contributed by atoms with E-state index in [0.717, 1.165) is 9.88 Å². The number of sulfonamides is 1. The number of hydrogen-bond donors (Lipinski definition) is 0. The molecular weight excluding hydrogens is 286 g/mol. The van der Waals surface area contributed by atoms with Crippen LogP contribution in [0.3, 0.4) is 0 Å². The monoisotopic (exact) mass is 315 g/mol. The molecule has 0 aromatic carbocycles. The van der Waals surface area contributed by atoms with Crippen molar-refractivity contribution in [3.05, 3.63) is 11.1 Å². The van der Waals surface area contributed by atoms with Crippen LogP contribution in [0.15, 0.2) is 11.1 Å². The predicted octanol–water partition coefficient (Wildman–Crippen LogP) is 3.35. The van der Waals surface area contributed by atoms with E-state index < -0.39 is 10.0 Å². The number of amides is 1. The van der Waals surface area contributed by atoms with Crippen molar-refractivity contribution in [1.29, 1.82) is 0 Å². The van der Waals surface area contributed by atoms with E-state index in [4.69, 9.17) is 0 Å². The maximum absolute atomic E-state index is 12.9. The molecule has 0 aliphatic carbocycles. The molecule has 5 heteroatoms. The molecule has 122 valence electrons. The van der Waals surface area contributed by atoms with Crippen molar-refractivity contribution in [2.24, 2.45) is 10.8 Å². The number of carbonyl (C=O) groups excluding carboxylic acids is 1. The van der Waals surface area contributed by atoms with Crippen molar-refractivity contribution in [3.8, 4) is 0 Å². The summed E-state index contributed by atoms with van der Waals surface area (Å²) >= 11 is 0. The number of rotatable bonds is 2. The van der Waals surface area contributed by atoms with Gasteiger partial charge in [-0.2, -0.15) is 0 Å². The highest BCUT2D eigenvalue weighted by molar-refractivity contribution is 7.89. The first kappa shape index (κ1) is 18.2. The molecule has 1 aliphatic heterocycles. The van der Waals surface area contributed by atoms with Crippen molar-refractivity contribution in [2.45, 2.75) is 61.3 Å². The summed E-state index contributed by atoms with van der Waals surface area (Å²) in [5.74, 6) is -0.308. The van der Waals surface area contributed by atoms with Crippen LogP contribution in [-0.2, 0) is 14.8 Å². The Hall–Kier alpha value is -0.840. The number of hydrogen-bond acceptors (Lipinski definition) is 3. The summed E-state index contributed by atoms with van der Waals surface area (Å²) in [5, 5.41) is 0. The molecule has 0 unspecified atom stereocenters. The summed E-state index contributed by atoms with van der Waals surface area (Å²) < 4.78 is 25.9. The third-order valence-corrected chi connectivity index (χ3v) is 5.51. The van der Waals surface area contributed by atoms with Gasteiger partial charge >= 0.3 is 0 Å². The van der Waals surface area contributed by atoms with Crippen LogP contribution in [0.4, 0.5) is 0 Å². The fourth-order valence-corrected chi connectivity index (χ4v) is 4.30. The highest BCUT2D eigenvalue weighted by atomic mass is 32.2. The lowest BCUT2D eigenvalue weighted by atomic mass is 9.73. The molecule has 0 radical (unpaired) electrons. The van der Waals surface area contributed by atoms with Gasteiger partial charge in [-0.15, -0.1) is 0 Å². The Bertz CT molecular complexity index is 545. The van der Waals surface area contributed by atoms with Gasteiger partial charge in [-0.1, -0.05) is 54.0 Å². The Labute approximate surface area is 129 Å². The molecule has 1 aliphatic rings. The lowest BCUT2D eigenvalue weighted by molar-refractivity contribution is -0.123. The summed E-state index contributed by atoms with van der Waals surface area (Å²) in [6.45, 7) is 14.2. The zero-order chi connectivity index (χ0) is 16.6. The van der Waals surface area contributed by atoms with Crippen LogP contribution in [0.2, 0.25) is 0 Å². The highest BCUT2D eigenvalue weighted by Crippen LogP contribution is 2.41. The minimum atomic E-state index is -3.52. The van der Waals surface area contributed by atoms with Gasteiger partial charge < -0.3 is 0 Å². The third kappa shape index (κ3) is 3.87. The number of allylic oxidation sites excluding steroid dienone is 1. The molecule has 0 N–H and O–H groups in total. The van der Waals surface area contributed by atoms with Crippen LogP contribution in [0, 0.1) is 10.8 Å². The molecule has 0 aromatic heterocycles. The van der Waals surface area contributed by atoms with E-state index >= 15 is 0 Å². The molecule has 1 rings (SSSR count). The van der Waals surface area contributed by atoms with Crippen molar-refractivity contribution in [2.75, 3.05) is 12.3 Å². The Morgan fingerprint density at radius 3 is 1.95 bits per heavy atom. The minimum Gasteiger partial charge on any atom is -0.268 e. The van der Waals surface area contributed by atoms with Gasteiger partial charge in [0.05, 0.1) is 5.75 Å². The van der Waals surface area contributed by atoms with Crippen LogP contribution < -0.4 is 0 Å².